The molecule has 0 unspecified atom stereocenters. The number of amides is 1. The van der Waals surface area contributed by atoms with Crippen molar-refractivity contribution in [2.24, 2.45) is 0 Å². The van der Waals surface area contributed by atoms with E-state index in [0.717, 1.165) is 38.0 Å². The lowest BCUT2D eigenvalue weighted by atomic mass is 10.2. The monoisotopic (exact) mass is 464 g/mol. The molecule has 0 fully saturated rings. The van der Waals surface area contributed by atoms with Crippen LogP contribution in [0.5, 0.6) is 0 Å². The molecule has 0 aliphatic rings. The number of anilines is 1. The van der Waals surface area contributed by atoms with E-state index in [2.05, 4.69) is 38.0 Å². The number of thioether (sulfide) groups is 1. The van der Waals surface area contributed by atoms with Gasteiger partial charge in [-0.15, -0.1) is 11.3 Å². The summed E-state index contributed by atoms with van der Waals surface area (Å²) < 4.78 is 5.02. The average molecular weight is 465 g/mol. The minimum atomic E-state index is -0.421. The predicted molar refractivity (Wildman–Crippen MR) is 123 cm³/mol. The Morgan fingerprint density at radius 2 is 1.87 bits per heavy atom. The molecule has 1 N–H and O–H groups in total. The number of aromatic nitrogens is 3. The summed E-state index contributed by atoms with van der Waals surface area (Å²) in [6, 6.07) is 0. The SMILES string of the molecule is CCOC(=O)c1sc(NC(=O)CSc2nc(C(C)C)nc3sc(C)c(C)c23)nc1C. The molecular formula is C20H24N4O3S3. The van der Waals surface area contributed by atoms with E-state index in [4.69, 9.17) is 14.7 Å². The first-order valence-corrected chi connectivity index (χ1v) is 12.2. The molecule has 3 aromatic rings. The Balaban J connectivity index is 1.76. The zero-order valence-corrected chi connectivity index (χ0v) is 20.2. The summed E-state index contributed by atoms with van der Waals surface area (Å²) in [5, 5.41) is 5.01. The first-order valence-electron chi connectivity index (χ1n) is 9.56. The molecule has 1 amide bonds. The van der Waals surface area contributed by atoms with E-state index in [9.17, 15) is 9.59 Å². The Bertz CT molecular complexity index is 1100. The van der Waals surface area contributed by atoms with Crippen LogP contribution in [-0.4, -0.2) is 39.2 Å². The van der Waals surface area contributed by atoms with E-state index >= 15 is 0 Å². The number of nitrogens with zero attached hydrogens (tertiary/aromatic N) is 3. The quantitative estimate of drug-likeness (QED) is 0.295. The molecule has 0 atom stereocenters. The van der Waals surface area contributed by atoms with Gasteiger partial charge in [-0.2, -0.15) is 0 Å². The average Bonchev–Trinajstić information content (AvgIpc) is 3.19. The fourth-order valence-corrected chi connectivity index (χ4v) is 5.59. The van der Waals surface area contributed by atoms with Gasteiger partial charge in [0.2, 0.25) is 5.91 Å². The van der Waals surface area contributed by atoms with Crippen molar-refractivity contribution in [3.05, 3.63) is 26.8 Å². The normalized spacial score (nSPS) is 11.3. The first-order chi connectivity index (χ1) is 14.2. The maximum absolute atomic E-state index is 12.5. The molecular weight excluding hydrogens is 440 g/mol. The number of fused-ring (bicyclic) bond motifs is 1. The van der Waals surface area contributed by atoms with Gasteiger partial charge in [-0.1, -0.05) is 36.9 Å². The van der Waals surface area contributed by atoms with E-state index < -0.39 is 5.97 Å². The fourth-order valence-electron chi connectivity index (χ4n) is 2.72. The molecule has 0 saturated heterocycles. The Kier molecular flexibility index (Phi) is 7.10. The summed E-state index contributed by atoms with van der Waals surface area (Å²) in [6.07, 6.45) is 0. The number of carbonyl (C=O) groups is 2. The topological polar surface area (TPSA) is 94.1 Å². The third kappa shape index (κ3) is 4.81. The van der Waals surface area contributed by atoms with Crippen molar-refractivity contribution in [2.75, 3.05) is 17.7 Å². The van der Waals surface area contributed by atoms with Crippen LogP contribution >= 0.6 is 34.4 Å². The number of hydrogen-bond donors (Lipinski definition) is 1. The molecule has 0 aromatic carbocycles. The molecule has 0 aliphatic carbocycles. The molecule has 3 heterocycles. The fraction of sp³-hybridized carbons (Fsp3) is 0.450. The van der Waals surface area contributed by atoms with Crippen LogP contribution in [0.4, 0.5) is 5.13 Å². The predicted octanol–water partition coefficient (Wildman–Crippen LogP) is 5.10. The number of rotatable bonds is 7. The largest absolute Gasteiger partial charge is 0.462 e. The highest BCUT2D eigenvalue weighted by Gasteiger charge is 2.19. The minimum absolute atomic E-state index is 0.186. The summed E-state index contributed by atoms with van der Waals surface area (Å²) >= 11 is 4.17. The third-order valence-corrected chi connectivity index (χ3v) is 7.50. The van der Waals surface area contributed by atoms with Crippen molar-refractivity contribution in [1.29, 1.82) is 0 Å². The van der Waals surface area contributed by atoms with Crippen LogP contribution in [0.1, 0.15) is 58.3 Å². The van der Waals surface area contributed by atoms with Gasteiger partial charge >= 0.3 is 5.97 Å². The summed E-state index contributed by atoms with van der Waals surface area (Å²) in [5.74, 6) is 0.541. The zero-order valence-electron chi connectivity index (χ0n) is 17.8. The van der Waals surface area contributed by atoms with Crippen LogP contribution in [0.15, 0.2) is 5.03 Å². The molecule has 0 radical (unpaired) electrons. The number of ether oxygens (including phenoxy) is 1. The molecule has 0 bridgehead atoms. The van der Waals surface area contributed by atoms with Gasteiger partial charge in [0.15, 0.2) is 5.13 Å². The molecule has 0 saturated carbocycles. The van der Waals surface area contributed by atoms with Crippen LogP contribution in [0.3, 0.4) is 0 Å². The molecule has 3 rings (SSSR count). The van der Waals surface area contributed by atoms with Crippen LogP contribution in [0.25, 0.3) is 10.2 Å². The smallest absolute Gasteiger partial charge is 0.350 e. The summed E-state index contributed by atoms with van der Waals surface area (Å²) in [4.78, 5) is 40.7. The molecule has 30 heavy (non-hydrogen) atoms. The van der Waals surface area contributed by atoms with E-state index in [1.807, 2.05) is 0 Å². The lowest BCUT2D eigenvalue weighted by Gasteiger charge is -2.08. The second-order valence-corrected chi connectivity index (χ2v) is 10.2. The summed E-state index contributed by atoms with van der Waals surface area (Å²) in [6.45, 7) is 12.0. The van der Waals surface area contributed by atoms with Gasteiger partial charge in [0.25, 0.3) is 0 Å². The molecule has 3 aromatic heterocycles. The summed E-state index contributed by atoms with van der Waals surface area (Å²) in [5.41, 5.74) is 1.70. The molecule has 160 valence electrons. The van der Waals surface area contributed by atoms with Gasteiger partial charge in [-0.3, -0.25) is 4.79 Å². The number of carbonyl (C=O) groups excluding carboxylic acids is 2. The summed E-state index contributed by atoms with van der Waals surface area (Å²) in [7, 11) is 0. The number of thiazole rings is 1. The number of nitrogens with one attached hydrogen (secondary N) is 1. The lowest BCUT2D eigenvalue weighted by molar-refractivity contribution is -0.113. The zero-order chi connectivity index (χ0) is 22.0. The van der Waals surface area contributed by atoms with Gasteiger partial charge < -0.3 is 10.1 Å². The van der Waals surface area contributed by atoms with Crippen LogP contribution in [0, 0.1) is 20.8 Å². The van der Waals surface area contributed by atoms with Crippen molar-refractivity contribution in [3.8, 4) is 0 Å². The van der Waals surface area contributed by atoms with Crippen LogP contribution < -0.4 is 5.32 Å². The number of thiophene rings is 1. The van der Waals surface area contributed by atoms with Crippen LogP contribution in [-0.2, 0) is 9.53 Å². The van der Waals surface area contributed by atoms with Gasteiger partial charge in [-0.05, 0) is 33.3 Å². The molecule has 7 nitrogen and oxygen atoms in total. The minimum Gasteiger partial charge on any atom is -0.462 e. The highest BCUT2D eigenvalue weighted by atomic mass is 32.2. The second-order valence-electron chi connectivity index (χ2n) is 7.00. The van der Waals surface area contributed by atoms with Crippen molar-refractivity contribution in [2.45, 2.75) is 52.5 Å². The Morgan fingerprint density at radius 3 is 2.53 bits per heavy atom. The standard InChI is InChI=1S/C20H24N4O3S3/c1-7-27-19(26)15-11(5)21-20(30-15)22-13(25)8-28-17-14-10(4)12(6)29-18(14)24-16(23-17)9(2)3/h9H,7-8H2,1-6H3,(H,21,22,25). The molecule has 10 heteroatoms. The number of aryl methyl sites for hydroxylation is 3. The Labute approximate surface area is 187 Å². The lowest BCUT2D eigenvalue weighted by Crippen LogP contribution is -2.14. The maximum atomic E-state index is 12.5. The molecule has 0 aliphatic heterocycles. The third-order valence-electron chi connectivity index (χ3n) is 4.37. The number of esters is 1. The van der Waals surface area contributed by atoms with Crippen LogP contribution in [0.2, 0.25) is 0 Å². The Morgan fingerprint density at radius 1 is 1.13 bits per heavy atom. The van der Waals surface area contributed by atoms with Gasteiger partial charge in [0.05, 0.1) is 18.1 Å². The van der Waals surface area contributed by atoms with Crippen molar-refractivity contribution in [3.63, 3.8) is 0 Å². The van der Waals surface area contributed by atoms with Crippen molar-refractivity contribution in [1.82, 2.24) is 15.0 Å². The van der Waals surface area contributed by atoms with E-state index in [1.54, 1.807) is 25.2 Å². The number of hydrogen-bond acceptors (Lipinski definition) is 9. The molecule has 0 spiro atoms. The second kappa shape index (κ2) is 9.40. The first kappa shape index (κ1) is 22.6. The van der Waals surface area contributed by atoms with Gasteiger partial charge in [-0.25, -0.2) is 19.7 Å². The van der Waals surface area contributed by atoms with Gasteiger partial charge in [0.1, 0.15) is 20.6 Å². The van der Waals surface area contributed by atoms with E-state index in [0.29, 0.717) is 22.3 Å². The van der Waals surface area contributed by atoms with E-state index in [-0.39, 0.29) is 17.6 Å². The van der Waals surface area contributed by atoms with Crippen molar-refractivity contribution >= 4 is 61.7 Å². The maximum Gasteiger partial charge on any atom is 0.350 e. The van der Waals surface area contributed by atoms with Crippen molar-refractivity contribution < 1.29 is 14.3 Å². The highest BCUT2D eigenvalue weighted by molar-refractivity contribution is 8.00. The highest BCUT2D eigenvalue weighted by Crippen LogP contribution is 2.36. The van der Waals surface area contributed by atoms with E-state index in [1.165, 1.54) is 16.6 Å². The van der Waals surface area contributed by atoms with Gasteiger partial charge in [0, 0.05) is 16.2 Å². The Hall–Kier alpha value is -2.04.